The number of hydrogen-bond donors (Lipinski definition) is 1. The summed E-state index contributed by atoms with van der Waals surface area (Å²) in [6.07, 6.45) is 2.29. The summed E-state index contributed by atoms with van der Waals surface area (Å²) in [5, 5.41) is 11.8. The van der Waals surface area contributed by atoms with Crippen LogP contribution in [0, 0.1) is 18.3 Å². The highest BCUT2D eigenvalue weighted by Gasteiger charge is 2.21. The first kappa shape index (κ1) is 21.2. The van der Waals surface area contributed by atoms with Gasteiger partial charge in [-0.15, -0.1) is 0 Å². The van der Waals surface area contributed by atoms with Crippen LogP contribution in [0.4, 0.5) is 11.4 Å². The van der Waals surface area contributed by atoms with Crippen LogP contribution >= 0.6 is 0 Å². The lowest BCUT2D eigenvalue weighted by atomic mass is 10.1. The van der Waals surface area contributed by atoms with Gasteiger partial charge in [0.1, 0.15) is 0 Å². The van der Waals surface area contributed by atoms with Gasteiger partial charge in [-0.05, 0) is 67.4 Å². The minimum absolute atomic E-state index is 0.0554. The molecule has 2 amide bonds. The summed E-state index contributed by atoms with van der Waals surface area (Å²) < 4.78 is 5.15. The van der Waals surface area contributed by atoms with Gasteiger partial charge in [0.05, 0.1) is 17.9 Å². The van der Waals surface area contributed by atoms with Crippen LogP contribution in [0.2, 0.25) is 0 Å². The van der Waals surface area contributed by atoms with Crippen molar-refractivity contribution in [1.82, 2.24) is 4.90 Å². The molecule has 32 heavy (non-hydrogen) atoms. The predicted octanol–water partition coefficient (Wildman–Crippen LogP) is 4.06. The molecule has 162 valence electrons. The van der Waals surface area contributed by atoms with Gasteiger partial charge in [-0.2, -0.15) is 5.26 Å². The standard InChI is InChI=1S/C25H24N4O3/c1-18-5-8-20(16-22(18)27-24(30)23-4-2-15-32-23)25(31)29-12-3-11-28(13-14-29)21-9-6-19(17-26)7-10-21/h2,4-10,15-16H,3,11-14H2,1H3,(H,27,30). The van der Waals surface area contributed by atoms with Gasteiger partial charge in [0, 0.05) is 43.1 Å². The monoisotopic (exact) mass is 428 g/mol. The van der Waals surface area contributed by atoms with Crippen molar-refractivity contribution in [3.8, 4) is 6.07 Å². The molecule has 1 fully saturated rings. The fourth-order valence-corrected chi connectivity index (χ4v) is 3.79. The summed E-state index contributed by atoms with van der Waals surface area (Å²) in [5.74, 6) is -0.188. The van der Waals surface area contributed by atoms with Crippen LogP contribution in [0.3, 0.4) is 0 Å². The van der Waals surface area contributed by atoms with E-state index in [1.54, 1.807) is 24.3 Å². The molecular weight excluding hydrogens is 404 g/mol. The van der Waals surface area contributed by atoms with Crippen LogP contribution in [0.25, 0.3) is 0 Å². The Labute approximate surface area is 186 Å². The zero-order chi connectivity index (χ0) is 22.5. The average Bonchev–Trinajstić information content (AvgIpc) is 3.25. The fraction of sp³-hybridized carbons (Fsp3) is 0.240. The number of aryl methyl sites for hydroxylation is 1. The lowest BCUT2D eigenvalue weighted by Crippen LogP contribution is -2.35. The van der Waals surface area contributed by atoms with E-state index in [0.717, 1.165) is 24.2 Å². The molecule has 3 aromatic rings. The van der Waals surface area contributed by atoms with Gasteiger partial charge in [-0.1, -0.05) is 6.07 Å². The van der Waals surface area contributed by atoms with E-state index in [2.05, 4.69) is 16.3 Å². The number of amides is 2. The number of furan rings is 1. The second-order valence-electron chi connectivity index (χ2n) is 7.75. The maximum atomic E-state index is 13.2. The first-order chi connectivity index (χ1) is 15.5. The lowest BCUT2D eigenvalue weighted by Gasteiger charge is -2.24. The molecule has 1 aliphatic heterocycles. The Morgan fingerprint density at radius 2 is 1.84 bits per heavy atom. The molecule has 1 aliphatic rings. The number of nitrogens with zero attached hydrogens (tertiary/aromatic N) is 3. The highest BCUT2D eigenvalue weighted by molar-refractivity contribution is 6.04. The maximum absolute atomic E-state index is 13.2. The fourth-order valence-electron chi connectivity index (χ4n) is 3.79. The van der Waals surface area contributed by atoms with Crippen LogP contribution in [0.5, 0.6) is 0 Å². The summed E-state index contributed by atoms with van der Waals surface area (Å²) in [6.45, 7) is 4.70. The molecule has 1 aromatic heterocycles. The van der Waals surface area contributed by atoms with Crippen LogP contribution in [0.1, 0.15) is 38.5 Å². The van der Waals surface area contributed by atoms with Gasteiger partial charge in [-0.3, -0.25) is 9.59 Å². The molecule has 0 atom stereocenters. The molecular formula is C25H24N4O3. The molecule has 0 bridgehead atoms. The van der Waals surface area contributed by atoms with Crippen LogP contribution < -0.4 is 10.2 Å². The quantitative estimate of drug-likeness (QED) is 0.677. The number of nitrogens with one attached hydrogen (secondary N) is 1. The van der Waals surface area contributed by atoms with Crippen molar-refractivity contribution < 1.29 is 14.0 Å². The summed E-state index contributed by atoms with van der Waals surface area (Å²) in [6, 6.07) is 18.3. The van der Waals surface area contributed by atoms with E-state index in [4.69, 9.17) is 9.68 Å². The molecule has 0 spiro atoms. The van der Waals surface area contributed by atoms with Gasteiger partial charge < -0.3 is 19.5 Å². The topological polar surface area (TPSA) is 89.6 Å². The first-order valence-electron chi connectivity index (χ1n) is 10.5. The van der Waals surface area contributed by atoms with Crippen molar-refractivity contribution in [1.29, 1.82) is 5.26 Å². The van der Waals surface area contributed by atoms with Crippen molar-refractivity contribution in [3.05, 3.63) is 83.3 Å². The molecule has 1 saturated heterocycles. The minimum Gasteiger partial charge on any atom is -0.459 e. The van der Waals surface area contributed by atoms with E-state index in [1.807, 2.05) is 42.2 Å². The second-order valence-corrected chi connectivity index (χ2v) is 7.75. The largest absolute Gasteiger partial charge is 0.459 e. The molecule has 0 unspecified atom stereocenters. The van der Waals surface area contributed by atoms with E-state index in [-0.39, 0.29) is 17.6 Å². The number of rotatable bonds is 4. The van der Waals surface area contributed by atoms with Gasteiger partial charge in [0.25, 0.3) is 11.8 Å². The number of carbonyl (C=O) groups excluding carboxylic acids is 2. The Bertz CT molecular complexity index is 1150. The molecule has 1 N–H and O–H groups in total. The van der Waals surface area contributed by atoms with E-state index in [0.29, 0.717) is 36.4 Å². The number of benzene rings is 2. The second kappa shape index (κ2) is 9.40. The third-order valence-electron chi connectivity index (χ3n) is 5.62. The molecule has 0 aliphatic carbocycles. The smallest absolute Gasteiger partial charge is 0.291 e. The van der Waals surface area contributed by atoms with Gasteiger partial charge >= 0.3 is 0 Å². The van der Waals surface area contributed by atoms with E-state index < -0.39 is 0 Å². The molecule has 2 heterocycles. The zero-order valence-electron chi connectivity index (χ0n) is 17.9. The molecule has 0 saturated carbocycles. The van der Waals surface area contributed by atoms with Gasteiger partial charge in [0.2, 0.25) is 0 Å². The molecule has 7 heteroatoms. The van der Waals surface area contributed by atoms with E-state index in [9.17, 15) is 9.59 Å². The molecule has 4 rings (SSSR count). The van der Waals surface area contributed by atoms with Crippen LogP contribution in [0.15, 0.2) is 65.3 Å². The van der Waals surface area contributed by atoms with Crippen molar-refractivity contribution in [3.63, 3.8) is 0 Å². The van der Waals surface area contributed by atoms with Crippen molar-refractivity contribution >= 4 is 23.2 Å². The number of hydrogen-bond acceptors (Lipinski definition) is 5. The summed E-state index contributed by atoms with van der Waals surface area (Å²) in [4.78, 5) is 29.6. The SMILES string of the molecule is Cc1ccc(C(=O)N2CCCN(c3ccc(C#N)cc3)CC2)cc1NC(=O)c1ccco1. The third-order valence-corrected chi connectivity index (χ3v) is 5.62. The molecule has 2 aromatic carbocycles. The summed E-state index contributed by atoms with van der Waals surface area (Å²) in [7, 11) is 0. The summed E-state index contributed by atoms with van der Waals surface area (Å²) >= 11 is 0. The van der Waals surface area contributed by atoms with Crippen molar-refractivity contribution in [2.45, 2.75) is 13.3 Å². The van der Waals surface area contributed by atoms with Gasteiger partial charge in [0.15, 0.2) is 5.76 Å². The molecule has 0 radical (unpaired) electrons. The average molecular weight is 428 g/mol. The minimum atomic E-state index is -0.351. The maximum Gasteiger partial charge on any atom is 0.291 e. The van der Waals surface area contributed by atoms with Crippen LogP contribution in [-0.4, -0.2) is 42.9 Å². The lowest BCUT2D eigenvalue weighted by molar-refractivity contribution is 0.0766. The Morgan fingerprint density at radius 3 is 2.56 bits per heavy atom. The number of nitriles is 1. The highest BCUT2D eigenvalue weighted by Crippen LogP contribution is 2.21. The Balaban J connectivity index is 1.44. The highest BCUT2D eigenvalue weighted by atomic mass is 16.3. The predicted molar refractivity (Wildman–Crippen MR) is 122 cm³/mol. The van der Waals surface area contributed by atoms with Crippen molar-refractivity contribution in [2.75, 3.05) is 36.4 Å². The first-order valence-corrected chi connectivity index (χ1v) is 10.5. The van der Waals surface area contributed by atoms with Crippen LogP contribution in [-0.2, 0) is 0 Å². The Kier molecular flexibility index (Phi) is 6.22. The number of anilines is 2. The number of carbonyl (C=O) groups is 2. The Morgan fingerprint density at radius 1 is 1.03 bits per heavy atom. The zero-order valence-corrected chi connectivity index (χ0v) is 17.9. The van der Waals surface area contributed by atoms with E-state index >= 15 is 0 Å². The van der Waals surface area contributed by atoms with Crippen molar-refractivity contribution in [2.24, 2.45) is 0 Å². The summed E-state index contributed by atoms with van der Waals surface area (Å²) in [5.41, 5.74) is 3.68. The Hall–Kier alpha value is -4.05. The van der Waals surface area contributed by atoms with Gasteiger partial charge in [-0.25, -0.2) is 0 Å². The normalized spacial score (nSPS) is 13.9. The molecule has 7 nitrogen and oxygen atoms in total. The van der Waals surface area contributed by atoms with E-state index in [1.165, 1.54) is 6.26 Å². The third kappa shape index (κ3) is 4.65.